The minimum absolute atomic E-state index is 0.121. The molecule has 1 aromatic rings. The maximum atomic E-state index is 6.33. The van der Waals surface area contributed by atoms with E-state index in [0.29, 0.717) is 17.9 Å². The van der Waals surface area contributed by atoms with Crippen LogP contribution in [0.25, 0.3) is 0 Å². The molecule has 2 rings (SSSR count). The molecule has 0 aromatic heterocycles. The molecule has 0 saturated heterocycles. The van der Waals surface area contributed by atoms with Crippen molar-refractivity contribution in [1.82, 2.24) is 0 Å². The average molecular weight is 233 g/mol. The zero-order valence-corrected chi connectivity index (χ0v) is 11.2. The van der Waals surface area contributed by atoms with Crippen molar-refractivity contribution in [3.05, 3.63) is 29.3 Å². The van der Waals surface area contributed by atoms with Gasteiger partial charge in [-0.1, -0.05) is 32.9 Å². The zero-order valence-electron chi connectivity index (χ0n) is 11.2. The molecule has 3 unspecified atom stereocenters. The molecule has 0 aliphatic carbocycles. The molecule has 0 spiro atoms. The van der Waals surface area contributed by atoms with Crippen molar-refractivity contribution >= 4 is 0 Å². The minimum atomic E-state index is 0.121. The van der Waals surface area contributed by atoms with Crippen LogP contribution < -0.4 is 10.5 Å². The first-order valence-corrected chi connectivity index (χ1v) is 6.54. The third kappa shape index (κ3) is 2.47. The first-order chi connectivity index (χ1) is 7.99. The lowest BCUT2D eigenvalue weighted by molar-refractivity contribution is 0.254. The highest BCUT2D eigenvalue weighted by molar-refractivity contribution is 5.41. The number of hydrogen-bond acceptors (Lipinski definition) is 2. The van der Waals surface area contributed by atoms with Gasteiger partial charge in [-0.15, -0.1) is 0 Å². The Hall–Kier alpha value is -1.02. The summed E-state index contributed by atoms with van der Waals surface area (Å²) in [6.45, 7) is 8.78. The Morgan fingerprint density at radius 1 is 1.29 bits per heavy atom. The van der Waals surface area contributed by atoms with Crippen molar-refractivity contribution < 1.29 is 4.74 Å². The number of ether oxygens (including phenoxy) is 1. The molecule has 2 N–H and O–H groups in total. The van der Waals surface area contributed by atoms with Crippen LogP contribution in [0.4, 0.5) is 0 Å². The summed E-state index contributed by atoms with van der Waals surface area (Å²) in [4.78, 5) is 0. The maximum Gasteiger partial charge on any atom is 0.123 e. The first-order valence-electron chi connectivity index (χ1n) is 6.54. The van der Waals surface area contributed by atoms with Gasteiger partial charge in [0.25, 0.3) is 0 Å². The van der Waals surface area contributed by atoms with Crippen LogP contribution in [-0.4, -0.2) is 6.10 Å². The normalized spacial score (nSPS) is 22.1. The van der Waals surface area contributed by atoms with Crippen LogP contribution in [0.1, 0.15) is 44.9 Å². The number of fused-ring (bicyclic) bond motifs is 1. The molecule has 2 nitrogen and oxygen atoms in total. The van der Waals surface area contributed by atoms with Crippen LogP contribution in [0.5, 0.6) is 5.75 Å². The molecule has 94 valence electrons. The van der Waals surface area contributed by atoms with Crippen LogP contribution in [0.2, 0.25) is 0 Å². The Morgan fingerprint density at radius 3 is 2.65 bits per heavy atom. The van der Waals surface area contributed by atoms with E-state index in [2.05, 4.69) is 45.9 Å². The molecule has 1 aliphatic heterocycles. The van der Waals surface area contributed by atoms with E-state index in [1.54, 1.807) is 0 Å². The lowest BCUT2D eigenvalue weighted by Crippen LogP contribution is -2.23. The fraction of sp³-hybridized carbons (Fsp3) is 0.600. The van der Waals surface area contributed by atoms with Crippen molar-refractivity contribution in [2.75, 3.05) is 0 Å². The number of hydrogen-bond donors (Lipinski definition) is 1. The summed E-state index contributed by atoms with van der Waals surface area (Å²) < 4.78 is 5.71. The summed E-state index contributed by atoms with van der Waals surface area (Å²) in [6, 6.07) is 6.53. The van der Waals surface area contributed by atoms with Gasteiger partial charge < -0.3 is 10.5 Å². The highest BCUT2D eigenvalue weighted by Gasteiger charge is 2.23. The van der Waals surface area contributed by atoms with Crippen LogP contribution in [0.3, 0.4) is 0 Å². The van der Waals surface area contributed by atoms with Gasteiger partial charge in [0.05, 0.1) is 0 Å². The third-order valence-corrected chi connectivity index (χ3v) is 3.92. The molecule has 2 heteroatoms. The Balaban J connectivity index is 2.21. The SMILES string of the molecule is CC1Cc2cc(C(N)C(C)C(C)C)ccc2O1. The molecule has 17 heavy (non-hydrogen) atoms. The van der Waals surface area contributed by atoms with E-state index < -0.39 is 0 Å². The van der Waals surface area contributed by atoms with Crippen LogP contribution in [-0.2, 0) is 6.42 Å². The fourth-order valence-corrected chi connectivity index (χ4v) is 2.37. The van der Waals surface area contributed by atoms with Gasteiger partial charge in [0.15, 0.2) is 0 Å². The lowest BCUT2D eigenvalue weighted by Gasteiger charge is -2.24. The molecule has 1 aromatic carbocycles. The standard InChI is InChI=1S/C15H23NO/c1-9(2)11(4)15(16)12-5-6-14-13(8-12)7-10(3)17-14/h5-6,8-11,15H,7,16H2,1-4H3. The van der Waals surface area contributed by atoms with Gasteiger partial charge in [-0.3, -0.25) is 0 Å². The predicted molar refractivity (Wildman–Crippen MR) is 71.2 cm³/mol. The van der Waals surface area contributed by atoms with Gasteiger partial charge >= 0.3 is 0 Å². The summed E-state index contributed by atoms with van der Waals surface area (Å²) in [6.07, 6.45) is 1.31. The van der Waals surface area contributed by atoms with Crippen LogP contribution in [0, 0.1) is 11.8 Å². The summed E-state index contributed by atoms with van der Waals surface area (Å²) in [5.74, 6) is 2.13. The first kappa shape index (κ1) is 12.4. The van der Waals surface area contributed by atoms with Crippen LogP contribution in [0.15, 0.2) is 18.2 Å². The predicted octanol–water partition coefficient (Wildman–Crippen LogP) is 3.30. The molecule has 0 radical (unpaired) electrons. The highest BCUT2D eigenvalue weighted by atomic mass is 16.5. The van der Waals surface area contributed by atoms with Gasteiger partial charge in [0, 0.05) is 12.5 Å². The number of benzene rings is 1. The zero-order chi connectivity index (χ0) is 12.6. The highest BCUT2D eigenvalue weighted by Crippen LogP contribution is 2.33. The van der Waals surface area contributed by atoms with E-state index in [4.69, 9.17) is 10.5 Å². The topological polar surface area (TPSA) is 35.2 Å². The molecular formula is C15H23NO. The average Bonchev–Trinajstić information content (AvgIpc) is 2.65. The third-order valence-electron chi connectivity index (χ3n) is 3.92. The lowest BCUT2D eigenvalue weighted by atomic mass is 9.86. The van der Waals surface area contributed by atoms with Gasteiger partial charge in [-0.05, 0) is 36.0 Å². The van der Waals surface area contributed by atoms with E-state index in [0.717, 1.165) is 12.2 Å². The van der Waals surface area contributed by atoms with Crippen LogP contribution >= 0.6 is 0 Å². The van der Waals surface area contributed by atoms with Gasteiger partial charge in [-0.2, -0.15) is 0 Å². The van der Waals surface area contributed by atoms with E-state index in [1.165, 1.54) is 11.1 Å². The molecular weight excluding hydrogens is 210 g/mol. The largest absolute Gasteiger partial charge is 0.490 e. The van der Waals surface area contributed by atoms with E-state index in [9.17, 15) is 0 Å². The second-order valence-electron chi connectivity index (χ2n) is 5.63. The van der Waals surface area contributed by atoms with Gasteiger partial charge in [0.1, 0.15) is 11.9 Å². The fourth-order valence-electron chi connectivity index (χ4n) is 2.37. The summed E-state index contributed by atoms with van der Waals surface area (Å²) in [5, 5.41) is 0. The number of rotatable bonds is 3. The van der Waals surface area contributed by atoms with Crippen molar-refractivity contribution in [2.24, 2.45) is 17.6 Å². The number of nitrogens with two attached hydrogens (primary N) is 1. The van der Waals surface area contributed by atoms with Crippen molar-refractivity contribution in [1.29, 1.82) is 0 Å². The Bertz CT molecular complexity index is 400. The van der Waals surface area contributed by atoms with E-state index in [-0.39, 0.29) is 6.04 Å². The molecule has 0 amide bonds. The molecule has 1 aliphatic rings. The van der Waals surface area contributed by atoms with Crippen molar-refractivity contribution in [2.45, 2.75) is 46.3 Å². The summed E-state index contributed by atoms with van der Waals surface area (Å²) in [7, 11) is 0. The van der Waals surface area contributed by atoms with E-state index >= 15 is 0 Å². The second-order valence-corrected chi connectivity index (χ2v) is 5.63. The summed E-state index contributed by atoms with van der Waals surface area (Å²) >= 11 is 0. The minimum Gasteiger partial charge on any atom is -0.490 e. The Labute approximate surface area is 104 Å². The quantitative estimate of drug-likeness (QED) is 0.869. The van der Waals surface area contributed by atoms with Crippen molar-refractivity contribution in [3.8, 4) is 5.75 Å². The molecule has 0 fully saturated rings. The summed E-state index contributed by atoms with van der Waals surface area (Å²) in [5.41, 5.74) is 8.87. The smallest absolute Gasteiger partial charge is 0.123 e. The molecule has 0 saturated carbocycles. The maximum absolute atomic E-state index is 6.33. The van der Waals surface area contributed by atoms with Crippen molar-refractivity contribution in [3.63, 3.8) is 0 Å². The Morgan fingerprint density at radius 2 is 2.00 bits per heavy atom. The molecule has 0 bridgehead atoms. The van der Waals surface area contributed by atoms with E-state index in [1.807, 2.05) is 0 Å². The van der Waals surface area contributed by atoms with Gasteiger partial charge in [-0.25, -0.2) is 0 Å². The van der Waals surface area contributed by atoms with Gasteiger partial charge in [0.2, 0.25) is 0 Å². The molecule has 3 atom stereocenters. The Kier molecular flexibility index (Phi) is 3.43. The molecule has 1 heterocycles. The monoisotopic (exact) mass is 233 g/mol. The second kappa shape index (κ2) is 4.69.